The van der Waals surface area contributed by atoms with Gasteiger partial charge in [-0.2, -0.15) is 0 Å². The van der Waals surface area contributed by atoms with Crippen LogP contribution in [0, 0.1) is 6.92 Å². The first-order chi connectivity index (χ1) is 14.1. The average Bonchev–Trinajstić information content (AvgIpc) is 3.25. The van der Waals surface area contributed by atoms with Crippen LogP contribution in [0.1, 0.15) is 22.9 Å². The zero-order chi connectivity index (χ0) is 20.2. The van der Waals surface area contributed by atoms with Crippen LogP contribution >= 0.6 is 0 Å². The van der Waals surface area contributed by atoms with E-state index in [0.717, 1.165) is 16.5 Å². The molecule has 0 saturated heterocycles. The second kappa shape index (κ2) is 8.06. The van der Waals surface area contributed by atoms with Crippen molar-refractivity contribution in [3.8, 4) is 5.75 Å². The van der Waals surface area contributed by atoms with E-state index < -0.39 is 11.7 Å². The van der Waals surface area contributed by atoms with Crippen LogP contribution in [0.5, 0.6) is 5.75 Å². The molecule has 1 atom stereocenters. The summed E-state index contributed by atoms with van der Waals surface area (Å²) >= 11 is 0. The minimum Gasteiger partial charge on any atom is -0.484 e. The second-order valence-electron chi connectivity index (χ2n) is 6.62. The molecule has 0 aliphatic carbocycles. The summed E-state index contributed by atoms with van der Waals surface area (Å²) in [5.74, 6) is 0.768. The van der Waals surface area contributed by atoms with E-state index in [1.807, 2.05) is 43.3 Å². The predicted molar refractivity (Wildman–Crippen MR) is 108 cm³/mol. The van der Waals surface area contributed by atoms with Crippen LogP contribution in [-0.4, -0.2) is 12.5 Å². The third-order valence-corrected chi connectivity index (χ3v) is 4.56. The molecular weight excluding hydrogens is 370 g/mol. The van der Waals surface area contributed by atoms with Gasteiger partial charge in [0, 0.05) is 17.5 Å². The van der Waals surface area contributed by atoms with Gasteiger partial charge in [-0.15, -0.1) is 0 Å². The number of ether oxygens (including phenoxy) is 1. The van der Waals surface area contributed by atoms with Gasteiger partial charge in [0.05, 0.1) is 6.26 Å². The van der Waals surface area contributed by atoms with Gasteiger partial charge < -0.3 is 18.9 Å². The Balaban J connectivity index is 1.47. The molecule has 0 fully saturated rings. The molecule has 0 bridgehead atoms. The Bertz CT molecular complexity index is 1180. The summed E-state index contributed by atoms with van der Waals surface area (Å²) in [7, 11) is 0. The van der Waals surface area contributed by atoms with Crippen molar-refractivity contribution in [3.05, 3.63) is 100 Å². The quantitative estimate of drug-likeness (QED) is 0.505. The summed E-state index contributed by atoms with van der Waals surface area (Å²) < 4.78 is 16.3. The van der Waals surface area contributed by atoms with Gasteiger partial charge in [-0.25, -0.2) is 4.79 Å². The summed E-state index contributed by atoms with van der Waals surface area (Å²) in [6.07, 6.45) is 1.57. The lowest BCUT2D eigenvalue weighted by Gasteiger charge is -2.17. The molecule has 0 aliphatic rings. The highest BCUT2D eigenvalue weighted by Gasteiger charge is 2.19. The molecule has 4 rings (SSSR count). The lowest BCUT2D eigenvalue weighted by Crippen LogP contribution is -2.33. The number of fused-ring (bicyclic) bond motifs is 1. The molecule has 2 aromatic heterocycles. The minimum absolute atomic E-state index is 0.189. The number of hydrogen-bond donors (Lipinski definition) is 1. The lowest BCUT2D eigenvalue weighted by molar-refractivity contribution is -0.123. The van der Waals surface area contributed by atoms with Gasteiger partial charge in [-0.3, -0.25) is 4.79 Å². The van der Waals surface area contributed by atoms with Gasteiger partial charge in [-0.1, -0.05) is 30.3 Å². The van der Waals surface area contributed by atoms with Crippen LogP contribution in [0.15, 0.2) is 86.6 Å². The first-order valence-electron chi connectivity index (χ1n) is 9.15. The molecule has 0 unspecified atom stereocenters. The maximum Gasteiger partial charge on any atom is 0.336 e. The van der Waals surface area contributed by atoms with Gasteiger partial charge in [0.15, 0.2) is 6.61 Å². The van der Waals surface area contributed by atoms with E-state index in [9.17, 15) is 9.59 Å². The maximum atomic E-state index is 12.5. The normalized spacial score (nSPS) is 11.9. The van der Waals surface area contributed by atoms with E-state index in [1.165, 1.54) is 6.07 Å². The van der Waals surface area contributed by atoms with Gasteiger partial charge in [0.25, 0.3) is 5.91 Å². The Labute approximate surface area is 166 Å². The third-order valence-electron chi connectivity index (χ3n) is 4.56. The predicted octanol–water partition coefficient (Wildman–Crippen LogP) is 3.98. The standard InChI is InChI=1S/C23H19NO5/c1-15-12-22(26)29-20-13-17(9-10-18(15)20)28-14-21(25)24-23(19-8-5-11-27-19)16-6-3-2-4-7-16/h2-13,23H,14H2,1H3,(H,24,25)/t23-/m0/s1. The first-order valence-corrected chi connectivity index (χ1v) is 9.15. The van der Waals surface area contributed by atoms with Crippen molar-refractivity contribution in [2.75, 3.05) is 6.61 Å². The summed E-state index contributed by atoms with van der Waals surface area (Å²) in [6.45, 7) is 1.65. The smallest absolute Gasteiger partial charge is 0.336 e. The van der Waals surface area contributed by atoms with Crippen LogP contribution in [0.2, 0.25) is 0 Å². The summed E-state index contributed by atoms with van der Waals surface area (Å²) in [4.78, 5) is 24.1. The molecular formula is C23H19NO5. The van der Waals surface area contributed by atoms with E-state index >= 15 is 0 Å². The minimum atomic E-state index is -0.422. The zero-order valence-corrected chi connectivity index (χ0v) is 15.8. The van der Waals surface area contributed by atoms with Gasteiger partial charge >= 0.3 is 5.63 Å². The number of nitrogens with one attached hydrogen (secondary N) is 1. The summed E-state index contributed by atoms with van der Waals surface area (Å²) in [5, 5.41) is 3.75. The molecule has 1 N–H and O–H groups in total. The van der Waals surface area contributed by atoms with E-state index in [-0.39, 0.29) is 12.5 Å². The van der Waals surface area contributed by atoms with Crippen molar-refractivity contribution >= 4 is 16.9 Å². The number of hydrogen-bond acceptors (Lipinski definition) is 5. The molecule has 0 spiro atoms. The molecule has 29 heavy (non-hydrogen) atoms. The van der Waals surface area contributed by atoms with Crippen LogP contribution in [0.4, 0.5) is 0 Å². The Morgan fingerprint density at radius 3 is 2.66 bits per heavy atom. The number of carbonyl (C=O) groups excluding carboxylic acids is 1. The third kappa shape index (κ3) is 4.21. The lowest BCUT2D eigenvalue weighted by atomic mass is 10.0. The monoisotopic (exact) mass is 389 g/mol. The SMILES string of the molecule is Cc1cc(=O)oc2cc(OCC(=O)N[C@@H](c3ccccc3)c3ccco3)ccc12. The van der Waals surface area contributed by atoms with E-state index in [2.05, 4.69) is 5.32 Å². The first kappa shape index (κ1) is 18.6. The van der Waals surface area contributed by atoms with Crippen LogP contribution in [0.3, 0.4) is 0 Å². The second-order valence-corrected chi connectivity index (χ2v) is 6.62. The van der Waals surface area contributed by atoms with Gasteiger partial charge in [0.1, 0.15) is 23.1 Å². The molecule has 1 amide bonds. The molecule has 6 heteroatoms. The van der Waals surface area contributed by atoms with Crippen molar-refractivity contribution in [3.63, 3.8) is 0 Å². The summed E-state index contributed by atoms with van der Waals surface area (Å²) in [5.41, 5.74) is 1.73. The fraction of sp³-hybridized carbons (Fsp3) is 0.130. The van der Waals surface area contributed by atoms with Crippen LogP contribution in [0.25, 0.3) is 11.0 Å². The Hall–Kier alpha value is -3.80. The van der Waals surface area contributed by atoms with Crippen LogP contribution < -0.4 is 15.7 Å². The van der Waals surface area contributed by atoms with E-state index in [1.54, 1.807) is 30.5 Å². The largest absolute Gasteiger partial charge is 0.484 e. The van der Waals surface area contributed by atoms with Crippen LogP contribution in [-0.2, 0) is 4.79 Å². The number of aryl methyl sites for hydroxylation is 1. The fourth-order valence-electron chi connectivity index (χ4n) is 3.17. The molecule has 6 nitrogen and oxygen atoms in total. The molecule has 2 aromatic carbocycles. The molecule has 4 aromatic rings. The number of benzene rings is 2. The van der Waals surface area contributed by atoms with Crippen molar-refractivity contribution in [2.45, 2.75) is 13.0 Å². The van der Waals surface area contributed by atoms with Gasteiger partial charge in [-0.05, 0) is 42.3 Å². The number of rotatable bonds is 6. The molecule has 0 aliphatic heterocycles. The Kier molecular flexibility index (Phi) is 5.16. The average molecular weight is 389 g/mol. The fourth-order valence-corrected chi connectivity index (χ4v) is 3.17. The van der Waals surface area contributed by atoms with E-state index in [4.69, 9.17) is 13.6 Å². The number of carbonyl (C=O) groups is 1. The molecule has 146 valence electrons. The topological polar surface area (TPSA) is 81.7 Å². The number of furan rings is 1. The Morgan fingerprint density at radius 1 is 1.07 bits per heavy atom. The maximum absolute atomic E-state index is 12.5. The van der Waals surface area contributed by atoms with Crippen molar-refractivity contribution in [1.82, 2.24) is 5.32 Å². The Morgan fingerprint density at radius 2 is 1.90 bits per heavy atom. The highest BCUT2D eigenvalue weighted by Crippen LogP contribution is 2.24. The van der Waals surface area contributed by atoms with Crippen molar-refractivity contribution in [1.29, 1.82) is 0 Å². The zero-order valence-electron chi connectivity index (χ0n) is 15.8. The van der Waals surface area contributed by atoms with E-state index in [0.29, 0.717) is 17.1 Å². The summed E-state index contributed by atoms with van der Waals surface area (Å²) in [6, 6.07) is 19.3. The number of amides is 1. The van der Waals surface area contributed by atoms with Crippen molar-refractivity contribution in [2.24, 2.45) is 0 Å². The highest BCUT2D eigenvalue weighted by atomic mass is 16.5. The molecule has 0 radical (unpaired) electrons. The van der Waals surface area contributed by atoms with Crippen molar-refractivity contribution < 1.29 is 18.4 Å². The molecule has 2 heterocycles. The van der Waals surface area contributed by atoms with Gasteiger partial charge in [0.2, 0.25) is 0 Å². The molecule has 0 saturated carbocycles. The highest BCUT2D eigenvalue weighted by molar-refractivity contribution is 5.82.